The zero-order valence-corrected chi connectivity index (χ0v) is 22.7. The van der Waals surface area contributed by atoms with Gasteiger partial charge in [-0.3, -0.25) is 9.69 Å². The second kappa shape index (κ2) is 12.1. The maximum absolute atomic E-state index is 12.9. The molecule has 3 heterocycles. The molecule has 2 aliphatic rings. The lowest BCUT2D eigenvalue weighted by atomic mass is 9.99. The lowest BCUT2D eigenvalue weighted by molar-refractivity contribution is -0.123. The number of benzene rings is 2. The molecule has 40 heavy (non-hydrogen) atoms. The van der Waals surface area contributed by atoms with E-state index in [2.05, 4.69) is 56.3 Å². The lowest BCUT2D eigenvalue weighted by Crippen LogP contribution is -2.43. The Kier molecular flexibility index (Phi) is 8.23. The van der Waals surface area contributed by atoms with Crippen LogP contribution in [0.5, 0.6) is 0 Å². The molecule has 1 fully saturated rings. The van der Waals surface area contributed by atoms with Crippen LogP contribution < -0.4 is 16.4 Å². The number of aromatic nitrogens is 3. The van der Waals surface area contributed by atoms with Gasteiger partial charge in [-0.25, -0.2) is 4.79 Å². The van der Waals surface area contributed by atoms with Crippen molar-refractivity contribution in [1.29, 1.82) is 0 Å². The zero-order valence-electron chi connectivity index (χ0n) is 22.7. The highest BCUT2D eigenvalue weighted by molar-refractivity contribution is 5.92. The van der Waals surface area contributed by atoms with E-state index in [-0.39, 0.29) is 17.8 Å². The number of rotatable bonds is 7. The van der Waals surface area contributed by atoms with Crippen LogP contribution in [0.25, 0.3) is 5.57 Å². The molecule has 2 aliphatic heterocycles. The fourth-order valence-corrected chi connectivity index (χ4v) is 4.82. The number of hydrogen-bond acceptors (Lipinski definition) is 8. The Balaban J connectivity index is 1.18. The predicted molar refractivity (Wildman–Crippen MR) is 157 cm³/mol. The van der Waals surface area contributed by atoms with E-state index in [1.165, 1.54) is 11.6 Å². The Morgan fingerprint density at radius 3 is 2.40 bits per heavy atom. The maximum atomic E-state index is 12.9. The van der Waals surface area contributed by atoms with Crippen LogP contribution in [0.2, 0.25) is 0 Å². The van der Waals surface area contributed by atoms with E-state index in [1.807, 2.05) is 30.5 Å². The van der Waals surface area contributed by atoms with Crippen LogP contribution in [-0.2, 0) is 11.3 Å². The first-order chi connectivity index (χ1) is 19.4. The zero-order chi connectivity index (χ0) is 28.1. The van der Waals surface area contributed by atoms with Gasteiger partial charge in [0.15, 0.2) is 0 Å². The highest BCUT2D eigenvalue weighted by Crippen LogP contribution is 2.26. The van der Waals surface area contributed by atoms with Crippen molar-refractivity contribution in [3.63, 3.8) is 0 Å². The van der Waals surface area contributed by atoms with Crippen molar-refractivity contribution >= 4 is 40.8 Å². The third-order valence-electron chi connectivity index (χ3n) is 7.16. The molecule has 0 unspecified atom stereocenters. The molecule has 11 heteroatoms. The van der Waals surface area contributed by atoms with E-state index >= 15 is 0 Å². The number of nitrogens with one attached hydrogen (secondary N) is 2. The first kappa shape index (κ1) is 27.1. The number of anilines is 4. The van der Waals surface area contributed by atoms with Crippen molar-refractivity contribution in [3.8, 4) is 0 Å². The molecule has 0 bridgehead atoms. The number of amides is 2. The van der Waals surface area contributed by atoms with Crippen molar-refractivity contribution in [3.05, 3.63) is 78.5 Å². The van der Waals surface area contributed by atoms with E-state index in [9.17, 15) is 9.59 Å². The standard InChI is InChI=1S/C29H35N9O2/c1-3-26(39)37-14-4-5-23(20-37)22-8-12-25(13-9-22)32-29(40)38-27(30)33-28(34-38)31-24-10-6-21(7-11-24)19-36-17-15-35(2)16-18-36/h3,6-13,20H,1,4-5,14-19H2,2H3,(H,32,40)(H3,30,31,33,34). The summed E-state index contributed by atoms with van der Waals surface area (Å²) in [4.78, 5) is 35.5. The van der Waals surface area contributed by atoms with Crippen molar-refractivity contribution in [2.45, 2.75) is 19.4 Å². The molecule has 3 aromatic rings. The fourth-order valence-electron chi connectivity index (χ4n) is 4.82. The topological polar surface area (TPSA) is 125 Å². The van der Waals surface area contributed by atoms with Gasteiger partial charge in [-0.1, -0.05) is 30.8 Å². The second-order valence-electron chi connectivity index (χ2n) is 10.1. The Bertz CT molecular complexity index is 1390. The molecule has 0 radical (unpaired) electrons. The summed E-state index contributed by atoms with van der Waals surface area (Å²) < 4.78 is 1.03. The minimum atomic E-state index is -0.520. The van der Waals surface area contributed by atoms with Gasteiger partial charge in [0, 0.05) is 56.8 Å². The van der Waals surface area contributed by atoms with E-state index in [1.54, 1.807) is 17.0 Å². The molecule has 4 N–H and O–H groups in total. The molecule has 0 atom stereocenters. The molecular formula is C29H35N9O2. The molecule has 11 nitrogen and oxygen atoms in total. The van der Waals surface area contributed by atoms with Gasteiger partial charge in [0.05, 0.1) is 0 Å². The molecule has 0 saturated carbocycles. The summed E-state index contributed by atoms with van der Waals surface area (Å²) in [5.41, 5.74) is 10.7. The van der Waals surface area contributed by atoms with E-state index in [4.69, 9.17) is 5.73 Å². The Hall–Kier alpha value is -4.48. The van der Waals surface area contributed by atoms with E-state index < -0.39 is 6.03 Å². The lowest BCUT2D eigenvalue weighted by Gasteiger charge is -2.32. The SMILES string of the molecule is C=CC(=O)N1C=C(c2ccc(NC(=O)n3nc(Nc4ccc(CN5CCN(C)CC5)cc4)nc3N)cc2)CCC1. The number of nitrogen functional groups attached to an aromatic ring is 1. The van der Waals surface area contributed by atoms with Gasteiger partial charge in [0.2, 0.25) is 17.8 Å². The number of hydrogen-bond donors (Lipinski definition) is 3. The van der Waals surface area contributed by atoms with Gasteiger partial charge in [0.25, 0.3) is 0 Å². The van der Waals surface area contributed by atoms with Crippen LogP contribution >= 0.6 is 0 Å². The van der Waals surface area contributed by atoms with Gasteiger partial charge in [-0.2, -0.15) is 4.98 Å². The summed E-state index contributed by atoms with van der Waals surface area (Å²) in [7, 11) is 2.15. The largest absolute Gasteiger partial charge is 0.368 e. The first-order valence-corrected chi connectivity index (χ1v) is 13.4. The van der Waals surface area contributed by atoms with Gasteiger partial charge in [-0.05, 0) is 66.9 Å². The summed E-state index contributed by atoms with van der Waals surface area (Å²) >= 11 is 0. The molecule has 0 aliphatic carbocycles. The molecule has 5 rings (SSSR count). The van der Waals surface area contributed by atoms with Crippen molar-refractivity contribution in [2.75, 3.05) is 56.1 Å². The molecule has 1 saturated heterocycles. The minimum Gasteiger partial charge on any atom is -0.368 e. The first-order valence-electron chi connectivity index (χ1n) is 13.4. The quantitative estimate of drug-likeness (QED) is 0.388. The molecule has 2 amide bonds. The van der Waals surface area contributed by atoms with Gasteiger partial charge >= 0.3 is 6.03 Å². The average Bonchev–Trinajstić information content (AvgIpc) is 3.35. The van der Waals surface area contributed by atoms with Crippen LogP contribution in [0, 0.1) is 0 Å². The highest BCUT2D eigenvalue weighted by Gasteiger charge is 2.18. The predicted octanol–water partition coefficient (Wildman–Crippen LogP) is 3.58. The number of nitrogens with zero attached hydrogens (tertiary/aromatic N) is 6. The smallest absolute Gasteiger partial charge is 0.349 e. The van der Waals surface area contributed by atoms with Gasteiger partial charge in [-0.15, -0.1) is 9.78 Å². The molecular weight excluding hydrogens is 506 g/mol. The summed E-state index contributed by atoms with van der Waals surface area (Å²) in [6, 6.07) is 15.0. The Labute approximate surface area is 233 Å². The Morgan fingerprint density at radius 2 is 1.70 bits per heavy atom. The number of piperazine rings is 1. The van der Waals surface area contributed by atoms with Crippen LogP contribution in [0.4, 0.5) is 28.1 Å². The van der Waals surface area contributed by atoms with E-state index in [0.29, 0.717) is 12.2 Å². The summed E-state index contributed by atoms with van der Waals surface area (Å²) in [5.74, 6) is 0.0962. The minimum absolute atomic E-state index is 0.0253. The van der Waals surface area contributed by atoms with E-state index in [0.717, 1.165) is 67.1 Å². The third-order valence-corrected chi connectivity index (χ3v) is 7.16. The second-order valence-corrected chi connectivity index (χ2v) is 10.1. The van der Waals surface area contributed by atoms with Crippen molar-refractivity contribution in [1.82, 2.24) is 29.5 Å². The number of carbonyl (C=O) groups is 2. The van der Waals surface area contributed by atoms with Crippen molar-refractivity contribution in [2.24, 2.45) is 0 Å². The number of nitrogens with two attached hydrogens (primary N) is 1. The summed E-state index contributed by atoms with van der Waals surface area (Å²) in [5, 5.41) is 10.2. The maximum Gasteiger partial charge on any atom is 0.349 e. The van der Waals surface area contributed by atoms with Crippen LogP contribution in [0.1, 0.15) is 24.0 Å². The van der Waals surface area contributed by atoms with Gasteiger partial charge < -0.3 is 26.2 Å². The normalized spacial score (nSPS) is 16.3. The van der Waals surface area contributed by atoms with Crippen LogP contribution in [0.15, 0.2) is 67.4 Å². The summed E-state index contributed by atoms with van der Waals surface area (Å²) in [6.45, 7) is 9.47. The summed E-state index contributed by atoms with van der Waals surface area (Å²) in [6.07, 6.45) is 4.94. The van der Waals surface area contributed by atoms with Crippen molar-refractivity contribution < 1.29 is 9.59 Å². The molecule has 1 aromatic heterocycles. The number of carbonyl (C=O) groups excluding carboxylic acids is 2. The molecule has 2 aromatic carbocycles. The van der Waals surface area contributed by atoms with Gasteiger partial charge in [0.1, 0.15) is 0 Å². The molecule has 0 spiro atoms. The number of allylic oxidation sites excluding steroid dienone is 1. The fraction of sp³-hybridized carbons (Fsp3) is 0.310. The Morgan fingerprint density at radius 1 is 1.00 bits per heavy atom. The van der Waals surface area contributed by atoms with Crippen LogP contribution in [0.3, 0.4) is 0 Å². The third kappa shape index (κ3) is 6.56. The monoisotopic (exact) mass is 541 g/mol. The number of likely N-dealkylation sites (N-methyl/N-ethyl adjacent to an activating group) is 1. The highest BCUT2D eigenvalue weighted by atomic mass is 16.2. The molecule has 208 valence electrons. The van der Waals surface area contributed by atoms with Crippen LogP contribution in [-0.4, -0.2) is 81.2 Å². The average molecular weight is 542 g/mol.